The van der Waals surface area contributed by atoms with E-state index in [-0.39, 0.29) is 6.54 Å². The van der Waals surface area contributed by atoms with Gasteiger partial charge in [-0.25, -0.2) is 14.3 Å². The Balaban J connectivity index is 1.96. The number of carbonyl (C=O) groups is 1. The second-order valence-corrected chi connectivity index (χ2v) is 8.50. The highest BCUT2D eigenvalue weighted by Gasteiger charge is 2.24. The number of ether oxygens (including phenoxy) is 1. The lowest BCUT2D eigenvalue weighted by atomic mass is 10.1. The Hall–Kier alpha value is -3.54. The number of azide groups is 1. The van der Waals surface area contributed by atoms with Crippen LogP contribution in [0.25, 0.3) is 43.5 Å². The van der Waals surface area contributed by atoms with Crippen LogP contribution in [0.3, 0.4) is 0 Å². The van der Waals surface area contributed by atoms with Gasteiger partial charge in [-0.2, -0.15) is 0 Å². The molecular formula is C23H20ClN5O2. The molecule has 0 aliphatic carbocycles. The summed E-state index contributed by atoms with van der Waals surface area (Å²) in [4.78, 5) is 20.5. The van der Waals surface area contributed by atoms with Gasteiger partial charge in [0.25, 0.3) is 0 Å². The van der Waals surface area contributed by atoms with E-state index in [2.05, 4.69) is 15.0 Å². The first-order valence-electron chi connectivity index (χ1n) is 9.71. The fourth-order valence-electron chi connectivity index (χ4n) is 3.45. The van der Waals surface area contributed by atoms with Crippen molar-refractivity contribution in [3.05, 3.63) is 75.8 Å². The Kier molecular flexibility index (Phi) is 5.31. The number of hydrogen-bond acceptors (Lipinski definition) is 4. The molecule has 0 aliphatic rings. The highest BCUT2D eigenvalue weighted by Crippen LogP contribution is 2.35. The van der Waals surface area contributed by atoms with Crippen molar-refractivity contribution < 1.29 is 9.53 Å². The van der Waals surface area contributed by atoms with Gasteiger partial charge in [0.15, 0.2) is 0 Å². The van der Waals surface area contributed by atoms with Crippen LogP contribution in [0.5, 0.6) is 0 Å². The molecule has 0 amide bonds. The van der Waals surface area contributed by atoms with Crippen molar-refractivity contribution in [2.45, 2.75) is 32.9 Å². The van der Waals surface area contributed by atoms with Crippen molar-refractivity contribution in [3.63, 3.8) is 0 Å². The van der Waals surface area contributed by atoms with E-state index < -0.39 is 11.7 Å². The number of hydrogen-bond donors (Lipinski definition) is 0. The average Bonchev–Trinajstić information content (AvgIpc) is 3.09. The highest BCUT2D eigenvalue weighted by atomic mass is 35.5. The van der Waals surface area contributed by atoms with Crippen LogP contribution in [0.2, 0.25) is 5.15 Å². The molecule has 31 heavy (non-hydrogen) atoms. The summed E-state index contributed by atoms with van der Waals surface area (Å²) in [7, 11) is 0. The topological polar surface area (TPSA) is 92.9 Å². The van der Waals surface area contributed by atoms with Crippen LogP contribution in [-0.2, 0) is 11.3 Å². The minimum atomic E-state index is -0.669. The number of rotatable bonds is 3. The molecule has 0 bridgehead atoms. The Morgan fingerprint density at radius 3 is 2.68 bits per heavy atom. The lowest BCUT2D eigenvalue weighted by Crippen LogP contribution is -2.27. The fourth-order valence-corrected chi connectivity index (χ4v) is 3.69. The molecule has 0 unspecified atom stereocenters. The number of nitrogens with zero attached hydrogens (tertiary/aromatic N) is 5. The van der Waals surface area contributed by atoms with Gasteiger partial charge in [-0.05, 0) is 62.2 Å². The van der Waals surface area contributed by atoms with Crippen LogP contribution in [-0.4, -0.2) is 21.2 Å². The summed E-state index contributed by atoms with van der Waals surface area (Å²) in [6, 6.07) is 17.0. The summed E-state index contributed by atoms with van der Waals surface area (Å²) in [5.74, 6) is 0. The van der Waals surface area contributed by atoms with Crippen molar-refractivity contribution in [2.75, 3.05) is 0 Å². The lowest BCUT2D eigenvalue weighted by molar-refractivity contribution is 0.0547. The fraction of sp³-hybridized carbons (Fsp3) is 0.217. The Bertz CT molecular complexity index is 1360. The maximum Gasteiger partial charge on any atom is 0.419 e. The van der Waals surface area contributed by atoms with Crippen LogP contribution < -0.4 is 0 Å². The van der Waals surface area contributed by atoms with Gasteiger partial charge in [0.1, 0.15) is 10.8 Å². The van der Waals surface area contributed by atoms with E-state index in [9.17, 15) is 4.79 Å². The van der Waals surface area contributed by atoms with Crippen molar-refractivity contribution >= 4 is 39.5 Å². The molecule has 2 aromatic carbocycles. The summed E-state index contributed by atoms with van der Waals surface area (Å²) >= 11 is 6.54. The molecule has 0 aliphatic heterocycles. The van der Waals surface area contributed by atoms with E-state index >= 15 is 0 Å². The number of para-hydroxylation sites is 1. The summed E-state index contributed by atoms with van der Waals surface area (Å²) < 4.78 is 7.18. The number of benzene rings is 2. The quantitative estimate of drug-likeness (QED) is 0.149. The van der Waals surface area contributed by atoms with Gasteiger partial charge in [-0.15, -0.1) is 0 Å². The maximum absolute atomic E-state index is 13.2. The molecular weight excluding hydrogens is 414 g/mol. The SMILES string of the molecule is CC(C)(C)OC(=O)n1c(-c2cc3ccccc3nc2Cl)cc2cc(CN=[N+]=[N-])ccc21. The van der Waals surface area contributed by atoms with Crippen LogP contribution in [0.15, 0.2) is 59.7 Å². The standard InChI is InChI=1S/C23H20ClN5O2/c1-23(2,3)31-22(30)29-19-9-8-14(13-26-28-25)10-16(19)12-20(29)17-11-15-6-4-5-7-18(15)27-21(17)24/h4-12H,13H2,1-3H3. The van der Waals surface area contributed by atoms with Crippen LogP contribution >= 0.6 is 11.6 Å². The van der Waals surface area contributed by atoms with Gasteiger partial charge in [0.05, 0.1) is 23.3 Å². The normalized spacial score (nSPS) is 11.5. The molecule has 0 fully saturated rings. The molecule has 8 heteroatoms. The summed E-state index contributed by atoms with van der Waals surface area (Å²) in [6.07, 6.45) is -0.510. The van der Waals surface area contributed by atoms with E-state index in [1.165, 1.54) is 4.57 Å². The predicted octanol–water partition coefficient (Wildman–Crippen LogP) is 7.10. The van der Waals surface area contributed by atoms with Gasteiger partial charge >= 0.3 is 6.09 Å². The molecule has 0 saturated carbocycles. The monoisotopic (exact) mass is 433 g/mol. The third-order valence-corrected chi connectivity index (χ3v) is 5.00. The zero-order chi connectivity index (χ0) is 22.2. The molecule has 7 nitrogen and oxygen atoms in total. The zero-order valence-electron chi connectivity index (χ0n) is 17.3. The van der Waals surface area contributed by atoms with Gasteiger partial charge in [0, 0.05) is 21.2 Å². The molecule has 0 spiro atoms. The number of aromatic nitrogens is 2. The third kappa shape index (κ3) is 4.19. The summed E-state index contributed by atoms with van der Waals surface area (Å²) in [6.45, 7) is 5.67. The highest BCUT2D eigenvalue weighted by molar-refractivity contribution is 6.32. The first kappa shape index (κ1) is 20.7. The van der Waals surface area contributed by atoms with E-state index in [1.807, 2.05) is 75.4 Å². The average molecular weight is 434 g/mol. The van der Waals surface area contributed by atoms with Gasteiger partial charge in [-0.1, -0.05) is 41.0 Å². The first-order chi connectivity index (χ1) is 14.8. The summed E-state index contributed by atoms with van der Waals surface area (Å²) in [5, 5.41) is 5.62. The number of fused-ring (bicyclic) bond motifs is 2. The van der Waals surface area contributed by atoms with Crippen LogP contribution in [0.1, 0.15) is 26.3 Å². The second kappa shape index (κ2) is 7.95. The van der Waals surface area contributed by atoms with E-state index in [0.717, 1.165) is 21.9 Å². The molecule has 0 radical (unpaired) electrons. The molecule has 0 atom stereocenters. The molecule has 0 N–H and O–H groups in total. The molecule has 2 heterocycles. The molecule has 0 saturated heterocycles. The Morgan fingerprint density at radius 2 is 1.94 bits per heavy atom. The van der Waals surface area contributed by atoms with E-state index in [4.69, 9.17) is 21.9 Å². The van der Waals surface area contributed by atoms with Gasteiger partial charge < -0.3 is 4.74 Å². The summed E-state index contributed by atoms with van der Waals surface area (Å²) in [5.41, 5.74) is 11.4. The Labute approximate surface area is 183 Å². The minimum Gasteiger partial charge on any atom is -0.443 e. The van der Waals surface area contributed by atoms with Crippen molar-refractivity contribution in [2.24, 2.45) is 5.11 Å². The third-order valence-electron chi connectivity index (χ3n) is 4.71. The van der Waals surface area contributed by atoms with Gasteiger partial charge in [-0.3, -0.25) is 0 Å². The molecule has 4 rings (SSSR count). The first-order valence-corrected chi connectivity index (χ1v) is 10.1. The number of pyridine rings is 1. The second-order valence-electron chi connectivity index (χ2n) is 8.15. The van der Waals surface area contributed by atoms with Crippen molar-refractivity contribution in [3.8, 4) is 11.3 Å². The van der Waals surface area contributed by atoms with Crippen LogP contribution in [0.4, 0.5) is 4.79 Å². The van der Waals surface area contributed by atoms with Gasteiger partial charge in [0.2, 0.25) is 0 Å². The zero-order valence-corrected chi connectivity index (χ0v) is 18.1. The van der Waals surface area contributed by atoms with E-state index in [0.29, 0.717) is 21.9 Å². The number of halogens is 1. The predicted molar refractivity (Wildman–Crippen MR) is 122 cm³/mol. The molecule has 4 aromatic rings. The van der Waals surface area contributed by atoms with Crippen molar-refractivity contribution in [1.82, 2.24) is 9.55 Å². The smallest absolute Gasteiger partial charge is 0.419 e. The van der Waals surface area contributed by atoms with Crippen LogP contribution in [0, 0.1) is 0 Å². The maximum atomic E-state index is 13.2. The largest absolute Gasteiger partial charge is 0.443 e. The molecule has 2 aromatic heterocycles. The molecule has 156 valence electrons. The lowest BCUT2D eigenvalue weighted by Gasteiger charge is -2.21. The number of carbonyl (C=O) groups excluding carboxylic acids is 1. The van der Waals surface area contributed by atoms with E-state index in [1.54, 1.807) is 0 Å². The minimum absolute atomic E-state index is 0.220. The van der Waals surface area contributed by atoms with Crippen molar-refractivity contribution in [1.29, 1.82) is 0 Å². The Morgan fingerprint density at radius 1 is 1.16 bits per heavy atom.